The summed E-state index contributed by atoms with van der Waals surface area (Å²) in [5, 5.41) is 0. The van der Waals surface area contributed by atoms with Gasteiger partial charge in [0, 0.05) is 0 Å². The van der Waals surface area contributed by atoms with Crippen molar-refractivity contribution in [2.24, 2.45) is 0 Å². The van der Waals surface area contributed by atoms with E-state index in [1.807, 2.05) is 6.07 Å². The van der Waals surface area contributed by atoms with Crippen molar-refractivity contribution in [1.82, 2.24) is 0 Å². The van der Waals surface area contributed by atoms with Gasteiger partial charge in [-0.2, -0.15) is 35.9 Å². The third kappa shape index (κ3) is 5.74. The molecule has 0 saturated carbocycles. The Morgan fingerprint density at radius 1 is 1.04 bits per heavy atom. The van der Waals surface area contributed by atoms with Gasteiger partial charge in [-0.1, -0.05) is 48.7 Å². The zero-order chi connectivity index (χ0) is 15.8. The van der Waals surface area contributed by atoms with E-state index in [-0.39, 0.29) is 14.9 Å². The van der Waals surface area contributed by atoms with Crippen LogP contribution < -0.4 is 0 Å². The van der Waals surface area contributed by atoms with Crippen LogP contribution in [0.3, 0.4) is 0 Å². The zero-order valence-corrected chi connectivity index (χ0v) is 17.4. The van der Waals surface area contributed by atoms with E-state index in [0.29, 0.717) is 0 Å². The number of fused-ring (bicyclic) bond motifs is 3. The fourth-order valence-corrected chi connectivity index (χ4v) is 2.69. The van der Waals surface area contributed by atoms with Gasteiger partial charge in [-0.05, 0) is 6.42 Å². The predicted molar refractivity (Wildman–Crippen MR) is 103 cm³/mol. The first-order valence-corrected chi connectivity index (χ1v) is 10.3. The van der Waals surface area contributed by atoms with Gasteiger partial charge >= 0.3 is 26.8 Å². The summed E-state index contributed by atoms with van der Waals surface area (Å²) < 4.78 is 0. The summed E-state index contributed by atoms with van der Waals surface area (Å²) in [5.74, 6) is 0. The van der Waals surface area contributed by atoms with Gasteiger partial charge in [-0.15, -0.1) is 12.0 Å². The van der Waals surface area contributed by atoms with Crippen molar-refractivity contribution in [2.45, 2.75) is 26.2 Å². The summed E-state index contributed by atoms with van der Waals surface area (Å²) in [6, 6.07) is 18.1. The summed E-state index contributed by atoms with van der Waals surface area (Å²) in [6.45, 7) is 2.15. The van der Waals surface area contributed by atoms with E-state index in [1.165, 1.54) is 27.8 Å². The quantitative estimate of drug-likeness (QED) is 0.386. The molecule has 2 aliphatic rings. The van der Waals surface area contributed by atoms with Crippen LogP contribution in [0.5, 0.6) is 0 Å². The van der Waals surface area contributed by atoms with Crippen molar-refractivity contribution in [3.63, 3.8) is 0 Å². The number of rotatable bonds is 1. The Balaban J connectivity index is 0.000000419. The third-order valence-corrected chi connectivity index (χ3v) is 3.76. The predicted octanol–water partition coefficient (Wildman–Crippen LogP) is 5.66. The number of benzene rings is 2. The Bertz CT molecular complexity index is 642. The second kappa shape index (κ2) is 12.2. The van der Waals surface area contributed by atoms with Gasteiger partial charge in [-0.25, -0.2) is 11.6 Å². The second-order valence-electron chi connectivity index (χ2n) is 5.06. The Morgan fingerprint density at radius 2 is 1.75 bits per heavy atom. The van der Waals surface area contributed by atoms with E-state index >= 15 is 0 Å². The second-order valence-corrected chi connectivity index (χ2v) is 5.06. The van der Waals surface area contributed by atoms with Gasteiger partial charge in [0.05, 0.1) is 0 Å². The van der Waals surface area contributed by atoms with Crippen LogP contribution in [0.25, 0.3) is 11.1 Å². The van der Waals surface area contributed by atoms with Gasteiger partial charge in [-0.3, -0.25) is 6.08 Å². The van der Waals surface area contributed by atoms with Gasteiger partial charge in [0.25, 0.3) is 0 Å². The van der Waals surface area contributed by atoms with Crippen LogP contribution in [0.2, 0.25) is 0 Å². The van der Waals surface area contributed by atoms with Crippen LogP contribution in [0.15, 0.2) is 60.2 Å². The molecule has 0 saturated heterocycles. The maximum atomic E-state index is 3.30. The molecule has 0 aliphatic heterocycles. The average Bonchev–Trinajstić information content (AvgIpc) is 3.24. The number of hydrogen-bond acceptors (Lipinski definition) is 0. The summed E-state index contributed by atoms with van der Waals surface area (Å²) in [5.41, 5.74) is 6.87. The zero-order valence-electron chi connectivity index (χ0n) is 14.8. The smallest absolute Gasteiger partial charge is 0.0253 e. The monoisotopic (exact) mass is 364 g/mol. The fourth-order valence-electron chi connectivity index (χ4n) is 2.69. The number of allylic oxidation sites excluding steroid dienone is 4. The molecule has 0 spiro atoms. The molecule has 0 nitrogen and oxygen atoms in total. The molecule has 4 rings (SSSR count). The SMILES string of the molecule is CCC1=[C-]CC=C1.[CH3-].[CH3-].[Si]=[Ti].[c-]1cccc2c1Cc1ccccc1-2. The fraction of sp³-hybridized carbons (Fsp3) is 0.182. The van der Waals surface area contributed by atoms with Gasteiger partial charge in [0.2, 0.25) is 0 Å². The van der Waals surface area contributed by atoms with Crippen molar-refractivity contribution in [2.75, 3.05) is 0 Å². The summed E-state index contributed by atoms with van der Waals surface area (Å²) in [7, 11) is 2.97. The maximum absolute atomic E-state index is 3.30. The van der Waals surface area contributed by atoms with Crippen LogP contribution in [0, 0.1) is 27.0 Å². The molecule has 0 aromatic heterocycles. The van der Waals surface area contributed by atoms with E-state index in [2.05, 4.69) is 75.2 Å². The Hall–Kier alpha value is -1.15. The van der Waals surface area contributed by atoms with E-state index in [9.17, 15) is 0 Å². The molecule has 24 heavy (non-hydrogen) atoms. The van der Waals surface area contributed by atoms with E-state index in [0.717, 1.165) is 19.3 Å². The first-order valence-electron chi connectivity index (χ1n) is 7.47. The minimum Gasteiger partial charge on any atom is -0.179 e. The van der Waals surface area contributed by atoms with Crippen molar-refractivity contribution in [3.05, 3.63) is 98.3 Å². The molecule has 0 fully saturated rings. The summed E-state index contributed by atoms with van der Waals surface area (Å²) in [6.07, 6.45) is 10.7. The summed E-state index contributed by atoms with van der Waals surface area (Å²) in [4.78, 5) is 0. The van der Waals surface area contributed by atoms with Gasteiger partial charge in [0.1, 0.15) is 0 Å². The minimum atomic E-state index is 0. The van der Waals surface area contributed by atoms with Crippen LogP contribution in [-0.4, -0.2) is 7.63 Å². The first kappa shape index (κ1) is 22.9. The molecular formula is C22H24SiTi-4. The van der Waals surface area contributed by atoms with Crippen LogP contribution >= 0.6 is 0 Å². The molecule has 0 atom stereocenters. The minimum absolute atomic E-state index is 0. The standard InChI is InChI=1S/C13H9.C7H9.2CH3.Si.Ti/c1-3-7-12-10(5-1)9-11-6-2-4-8-13(11)12;1-2-7-5-3-4-6-7;;;;/h1-5,7-8H,9H2;3,5H,2,4H2,1H3;2*1H3;;/q4*-1;;. The van der Waals surface area contributed by atoms with E-state index in [4.69, 9.17) is 0 Å². The van der Waals surface area contributed by atoms with Crippen molar-refractivity contribution >= 4 is 7.63 Å². The van der Waals surface area contributed by atoms with Gasteiger partial charge < -0.3 is 14.9 Å². The first-order chi connectivity index (χ1) is 10.9. The molecule has 2 radical (unpaired) electrons. The molecule has 124 valence electrons. The topological polar surface area (TPSA) is 0 Å². The largest absolute Gasteiger partial charge is 0.179 e. The van der Waals surface area contributed by atoms with Crippen molar-refractivity contribution in [3.8, 4) is 11.1 Å². The molecule has 0 bridgehead atoms. The number of hydrogen-bond donors (Lipinski definition) is 0. The van der Waals surface area contributed by atoms with Crippen LogP contribution in [0.4, 0.5) is 0 Å². The van der Waals surface area contributed by atoms with Gasteiger partial charge in [0.15, 0.2) is 0 Å². The van der Waals surface area contributed by atoms with Crippen molar-refractivity contribution < 1.29 is 19.2 Å². The molecule has 2 heteroatoms. The van der Waals surface area contributed by atoms with E-state index in [1.54, 1.807) is 19.2 Å². The molecule has 0 unspecified atom stereocenters. The molecule has 0 heterocycles. The molecular weight excluding hydrogens is 340 g/mol. The Morgan fingerprint density at radius 3 is 2.38 bits per heavy atom. The van der Waals surface area contributed by atoms with Crippen LogP contribution in [-0.2, 0) is 25.6 Å². The maximum Gasteiger partial charge on any atom is -0.0253 e. The summed E-state index contributed by atoms with van der Waals surface area (Å²) >= 11 is 1.81. The normalized spacial score (nSPS) is 11.9. The molecule has 2 aliphatic carbocycles. The van der Waals surface area contributed by atoms with Crippen molar-refractivity contribution in [1.29, 1.82) is 0 Å². The molecule has 0 N–H and O–H groups in total. The Kier molecular flexibility index (Phi) is 11.7. The molecule has 2 aromatic carbocycles. The average molecular weight is 364 g/mol. The molecule has 2 aromatic rings. The molecule has 0 amide bonds. The Labute approximate surface area is 162 Å². The van der Waals surface area contributed by atoms with E-state index < -0.39 is 0 Å². The van der Waals surface area contributed by atoms with Crippen LogP contribution in [0.1, 0.15) is 30.9 Å². The third-order valence-electron chi connectivity index (χ3n) is 3.76.